The summed E-state index contributed by atoms with van der Waals surface area (Å²) in [6.45, 7) is 2.74. The molecule has 0 bridgehead atoms. The highest BCUT2D eigenvalue weighted by atomic mass is 19.2. The minimum Gasteiger partial charge on any atom is -0.378 e. The Hall–Kier alpha value is -2.28. The lowest BCUT2D eigenvalue weighted by Gasteiger charge is -2.26. The number of rotatable bonds is 5. The third-order valence-electron chi connectivity index (χ3n) is 4.21. The van der Waals surface area contributed by atoms with E-state index in [-0.39, 0.29) is 24.3 Å². The number of aromatic amines is 1. The van der Waals surface area contributed by atoms with Gasteiger partial charge in [0.15, 0.2) is 11.6 Å². The number of hydrogen-bond donors (Lipinski definition) is 2. The SMILES string of the molecule is Cc1cnc(C2(NC(=O)CCc3cccc(F)c3F)CCOC2)[nH]1. The standard InChI is InChI=1S/C17H19F2N3O2/c1-11-9-20-16(21-11)17(7-8-24-10-17)22-14(23)6-5-12-3-2-4-13(18)15(12)19/h2-4,9H,5-8,10H2,1H3,(H,20,21)(H,22,23). The molecule has 2 aromatic rings. The number of amides is 1. The molecule has 7 heteroatoms. The van der Waals surface area contributed by atoms with Crippen molar-refractivity contribution in [2.24, 2.45) is 0 Å². The van der Waals surface area contributed by atoms with Gasteiger partial charge in [-0.3, -0.25) is 4.79 Å². The first-order chi connectivity index (χ1) is 11.5. The molecule has 1 aliphatic heterocycles. The van der Waals surface area contributed by atoms with Gasteiger partial charge < -0.3 is 15.0 Å². The van der Waals surface area contributed by atoms with Gasteiger partial charge in [-0.05, 0) is 25.0 Å². The summed E-state index contributed by atoms with van der Waals surface area (Å²) in [5, 5.41) is 2.95. The Labute approximate surface area is 138 Å². The molecule has 1 atom stereocenters. The topological polar surface area (TPSA) is 67.0 Å². The van der Waals surface area contributed by atoms with Crippen molar-refractivity contribution in [3.8, 4) is 0 Å². The molecular formula is C17H19F2N3O2. The number of carbonyl (C=O) groups is 1. The first kappa shape index (κ1) is 16.6. The molecule has 2 N–H and O–H groups in total. The molecule has 0 spiro atoms. The van der Waals surface area contributed by atoms with Crippen LogP contribution in [-0.4, -0.2) is 29.1 Å². The maximum absolute atomic E-state index is 13.7. The van der Waals surface area contributed by atoms with Gasteiger partial charge in [0.25, 0.3) is 0 Å². The second kappa shape index (κ2) is 6.68. The van der Waals surface area contributed by atoms with Crippen LogP contribution in [0, 0.1) is 18.6 Å². The fraction of sp³-hybridized carbons (Fsp3) is 0.412. The summed E-state index contributed by atoms with van der Waals surface area (Å²) in [6, 6.07) is 3.97. The lowest BCUT2D eigenvalue weighted by atomic mass is 9.97. The number of imidazole rings is 1. The van der Waals surface area contributed by atoms with Gasteiger partial charge in [-0.1, -0.05) is 12.1 Å². The molecule has 1 aromatic heterocycles. The fourth-order valence-corrected chi connectivity index (χ4v) is 2.88. The van der Waals surface area contributed by atoms with Gasteiger partial charge in [0, 0.05) is 31.3 Å². The summed E-state index contributed by atoms with van der Waals surface area (Å²) in [5.41, 5.74) is 0.398. The normalized spacial score (nSPS) is 20.3. The second-order valence-electron chi connectivity index (χ2n) is 6.06. The average molecular weight is 335 g/mol. The molecule has 1 fully saturated rings. The summed E-state index contributed by atoms with van der Waals surface area (Å²) in [5.74, 6) is -1.40. The van der Waals surface area contributed by atoms with E-state index in [1.54, 1.807) is 6.20 Å². The predicted octanol–water partition coefficient (Wildman–Crippen LogP) is 2.36. The van der Waals surface area contributed by atoms with Gasteiger partial charge in [0.05, 0.1) is 6.61 Å². The highest BCUT2D eigenvalue weighted by Crippen LogP contribution is 2.28. The minimum atomic E-state index is -0.903. The monoisotopic (exact) mass is 335 g/mol. The predicted molar refractivity (Wildman–Crippen MR) is 83.3 cm³/mol. The number of halogens is 2. The largest absolute Gasteiger partial charge is 0.378 e. The van der Waals surface area contributed by atoms with E-state index in [1.807, 2.05) is 6.92 Å². The van der Waals surface area contributed by atoms with Crippen LogP contribution in [0.25, 0.3) is 0 Å². The van der Waals surface area contributed by atoms with E-state index >= 15 is 0 Å². The Morgan fingerprint density at radius 1 is 1.46 bits per heavy atom. The number of nitrogens with zero attached hydrogens (tertiary/aromatic N) is 1. The molecule has 24 heavy (non-hydrogen) atoms. The van der Waals surface area contributed by atoms with Crippen LogP contribution in [0.1, 0.15) is 29.9 Å². The summed E-state index contributed by atoms with van der Waals surface area (Å²) in [7, 11) is 0. The number of nitrogens with one attached hydrogen (secondary N) is 2. The van der Waals surface area contributed by atoms with Crippen molar-refractivity contribution < 1.29 is 18.3 Å². The number of H-pyrrole nitrogens is 1. The van der Waals surface area contributed by atoms with E-state index in [2.05, 4.69) is 15.3 Å². The quantitative estimate of drug-likeness (QED) is 0.881. The van der Waals surface area contributed by atoms with Crippen molar-refractivity contribution >= 4 is 5.91 Å². The highest BCUT2D eigenvalue weighted by Gasteiger charge is 2.40. The van der Waals surface area contributed by atoms with Crippen molar-refractivity contribution in [1.82, 2.24) is 15.3 Å². The molecular weight excluding hydrogens is 316 g/mol. The van der Waals surface area contributed by atoms with E-state index in [9.17, 15) is 13.6 Å². The molecule has 1 aliphatic rings. The van der Waals surface area contributed by atoms with E-state index in [0.717, 1.165) is 11.8 Å². The van der Waals surface area contributed by atoms with E-state index in [1.165, 1.54) is 12.1 Å². The molecule has 1 unspecified atom stereocenters. The zero-order chi connectivity index (χ0) is 17.2. The van der Waals surface area contributed by atoms with Gasteiger partial charge in [-0.2, -0.15) is 0 Å². The maximum atomic E-state index is 13.7. The molecule has 0 saturated carbocycles. The van der Waals surface area contributed by atoms with Crippen LogP contribution in [0.3, 0.4) is 0 Å². The van der Waals surface area contributed by atoms with E-state index in [0.29, 0.717) is 25.5 Å². The fourth-order valence-electron chi connectivity index (χ4n) is 2.88. The van der Waals surface area contributed by atoms with Gasteiger partial charge >= 0.3 is 0 Å². The van der Waals surface area contributed by atoms with Crippen molar-refractivity contribution in [1.29, 1.82) is 0 Å². The van der Waals surface area contributed by atoms with Crippen LogP contribution in [0.15, 0.2) is 24.4 Å². The van der Waals surface area contributed by atoms with Crippen molar-refractivity contribution in [2.45, 2.75) is 31.7 Å². The molecule has 3 rings (SSSR count). The van der Waals surface area contributed by atoms with Gasteiger partial charge in [0.2, 0.25) is 5.91 Å². The first-order valence-electron chi connectivity index (χ1n) is 7.84. The molecule has 0 aliphatic carbocycles. The molecule has 1 amide bonds. The van der Waals surface area contributed by atoms with Crippen LogP contribution in [-0.2, 0) is 21.5 Å². The second-order valence-corrected chi connectivity index (χ2v) is 6.06. The summed E-state index contributed by atoms with van der Waals surface area (Å²) in [4.78, 5) is 19.8. The highest BCUT2D eigenvalue weighted by molar-refractivity contribution is 5.77. The van der Waals surface area contributed by atoms with Crippen molar-refractivity contribution in [3.63, 3.8) is 0 Å². The van der Waals surface area contributed by atoms with Gasteiger partial charge in [-0.25, -0.2) is 13.8 Å². The number of aryl methyl sites for hydroxylation is 2. The maximum Gasteiger partial charge on any atom is 0.221 e. The smallest absolute Gasteiger partial charge is 0.221 e. The Morgan fingerprint density at radius 3 is 2.96 bits per heavy atom. The van der Waals surface area contributed by atoms with Crippen LogP contribution in [0.2, 0.25) is 0 Å². The zero-order valence-electron chi connectivity index (χ0n) is 13.4. The third-order valence-corrected chi connectivity index (χ3v) is 4.21. The van der Waals surface area contributed by atoms with E-state index < -0.39 is 17.2 Å². The zero-order valence-corrected chi connectivity index (χ0v) is 13.4. The molecule has 128 valence electrons. The Bertz CT molecular complexity index is 739. The lowest BCUT2D eigenvalue weighted by Crippen LogP contribution is -2.47. The van der Waals surface area contributed by atoms with Gasteiger partial charge in [0.1, 0.15) is 11.4 Å². The van der Waals surface area contributed by atoms with Crippen LogP contribution in [0.4, 0.5) is 8.78 Å². The Kier molecular flexibility index (Phi) is 4.62. The first-order valence-corrected chi connectivity index (χ1v) is 7.84. The molecule has 1 saturated heterocycles. The van der Waals surface area contributed by atoms with Crippen LogP contribution in [0.5, 0.6) is 0 Å². The van der Waals surface area contributed by atoms with Crippen LogP contribution >= 0.6 is 0 Å². The minimum absolute atomic E-state index is 0.0574. The number of aromatic nitrogens is 2. The molecule has 1 aromatic carbocycles. The van der Waals surface area contributed by atoms with E-state index in [4.69, 9.17) is 4.74 Å². The van der Waals surface area contributed by atoms with Crippen molar-refractivity contribution in [3.05, 3.63) is 53.1 Å². The molecule has 0 radical (unpaired) electrons. The van der Waals surface area contributed by atoms with Crippen molar-refractivity contribution in [2.75, 3.05) is 13.2 Å². The number of benzene rings is 1. The van der Waals surface area contributed by atoms with Gasteiger partial charge in [-0.15, -0.1) is 0 Å². The lowest BCUT2D eigenvalue weighted by molar-refractivity contribution is -0.123. The summed E-state index contributed by atoms with van der Waals surface area (Å²) in [6.07, 6.45) is 2.50. The number of hydrogen-bond acceptors (Lipinski definition) is 3. The Balaban J connectivity index is 1.67. The summed E-state index contributed by atoms with van der Waals surface area (Å²) >= 11 is 0. The number of ether oxygens (including phenoxy) is 1. The van der Waals surface area contributed by atoms with Crippen LogP contribution < -0.4 is 5.32 Å². The summed E-state index contributed by atoms with van der Waals surface area (Å²) < 4.78 is 32.3. The third kappa shape index (κ3) is 3.31. The molecule has 2 heterocycles. The molecule has 5 nitrogen and oxygen atoms in total. The average Bonchev–Trinajstić information content (AvgIpc) is 3.19. The number of carbonyl (C=O) groups excluding carboxylic acids is 1. The Morgan fingerprint density at radius 2 is 2.29 bits per heavy atom.